The predicted molar refractivity (Wildman–Crippen MR) is 189 cm³/mol. The number of aromatic nitrogens is 7. The van der Waals surface area contributed by atoms with Crippen molar-refractivity contribution in [2.45, 2.75) is 96.7 Å². The highest BCUT2D eigenvalue weighted by Crippen LogP contribution is 2.35. The molecule has 16 nitrogen and oxygen atoms in total. The van der Waals surface area contributed by atoms with E-state index in [0.29, 0.717) is 43.6 Å². The molecule has 4 aromatic rings. The molecule has 0 saturated heterocycles. The Balaban J connectivity index is 1.10. The second kappa shape index (κ2) is 19.9. The summed E-state index contributed by atoms with van der Waals surface area (Å²) in [7, 11) is -2.28. The summed E-state index contributed by atoms with van der Waals surface area (Å²) >= 11 is 0. The van der Waals surface area contributed by atoms with E-state index in [9.17, 15) is 14.2 Å². The van der Waals surface area contributed by atoms with Crippen molar-refractivity contribution in [1.29, 1.82) is 0 Å². The highest BCUT2D eigenvalue weighted by Gasteiger charge is 2.15. The average molecular weight is 716 g/mol. The minimum absolute atomic E-state index is 0.00216. The van der Waals surface area contributed by atoms with Gasteiger partial charge in [-0.2, -0.15) is 9.97 Å². The van der Waals surface area contributed by atoms with Gasteiger partial charge in [0.25, 0.3) is 0 Å². The zero-order valence-corrected chi connectivity index (χ0v) is 29.7. The molecule has 0 aliphatic rings. The van der Waals surface area contributed by atoms with E-state index >= 15 is 0 Å². The Morgan fingerprint density at radius 3 is 2.30 bits per heavy atom. The number of ether oxygens (including phenoxy) is 2. The lowest BCUT2D eigenvalue weighted by Gasteiger charge is -2.08. The first-order chi connectivity index (χ1) is 24.1. The fourth-order valence-electron chi connectivity index (χ4n) is 5.50. The molecule has 3 heterocycles. The van der Waals surface area contributed by atoms with Gasteiger partial charge in [0.15, 0.2) is 11.5 Å². The number of hydrogen-bond acceptors (Lipinski definition) is 10. The third-order valence-electron chi connectivity index (χ3n) is 8.28. The largest absolute Gasteiger partial charge is 0.461 e. The van der Waals surface area contributed by atoms with Crippen molar-refractivity contribution in [3.05, 3.63) is 57.8 Å². The molecule has 0 saturated carbocycles. The van der Waals surface area contributed by atoms with E-state index in [-0.39, 0.29) is 42.7 Å². The molecular formula is C33H50N9O7P. The topological polar surface area (TPSA) is 225 Å². The number of hydrogen-bond donors (Lipinski definition) is 5. The van der Waals surface area contributed by atoms with Gasteiger partial charge in [-0.25, -0.2) is 4.79 Å². The number of anilines is 1. The second-order valence-corrected chi connectivity index (χ2v) is 14.2. The number of nitrogens with two attached hydrogens (primary N) is 1. The number of fused-ring (bicyclic) bond motifs is 1. The Kier molecular flexibility index (Phi) is 15.4. The summed E-state index contributed by atoms with van der Waals surface area (Å²) in [4.78, 5) is 54.1. The quantitative estimate of drug-likeness (QED) is 0.0517. The first-order valence-electron chi connectivity index (χ1n) is 17.3. The predicted octanol–water partition coefficient (Wildman–Crippen LogP) is 3.69. The fourth-order valence-corrected chi connectivity index (χ4v) is 6.14. The number of nitrogen functional groups attached to an aromatic ring is 1. The van der Waals surface area contributed by atoms with Crippen LogP contribution in [0.1, 0.15) is 87.4 Å². The van der Waals surface area contributed by atoms with Crippen LogP contribution in [0.25, 0.3) is 11.2 Å². The number of aryl methyl sites for hydroxylation is 2. The second-order valence-electron chi connectivity index (χ2n) is 12.4. The number of rotatable bonds is 24. The molecule has 0 bridgehead atoms. The van der Waals surface area contributed by atoms with E-state index in [1.54, 1.807) is 7.11 Å². The Labute approximate surface area is 291 Å². The number of amides is 1. The zero-order valence-electron chi connectivity index (χ0n) is 28.8. The summed E-state index contributed by atoms with van der Waals surface area (Å²) in [6.07, 6.45) is 13.2. The van der Waals surface area contributed by atoms with Crippen LogP contribution in [-0.2, 0) is 40.2 Å². The van der Waals surface area contributed by atoms with E-state index in [4.69, 9.17) is 25.0 Å². The van der Waals surface area contributed by atoms with Crippen LogP contribution in [0.15, 0.2) is 35.3 Å². The van der Waals surface area contributed by atoms with Crippen molar-refractivity contribution in [3.63, 3.8) is 0 Å². The van der Waals surface area contributed by atoms with Crippen molar-refractivity contribution in [1.82, 2.24) is 39.8 Å². The van der Waals surface area contributed by atoms with Crippen molar-refractivity contribution in [2.75, 3.05) is 32.2 Å². The summed E-state index contributed by atoms with van der Waals surface area (Å²) in [5.74, 6) is 0.0464. The van der Waals surface area contributed by atoms with Gasteiger partial charge >= 0.3 is 19.3 Å². The van der Waals surface area contributed by atoms with Gasteiger partial charge in [0, 0.05) is 45.4 Å². The highest BCUT2D eigenvalue weighted by molar-refractivity contribution is 7.51. The average Bonchev–Trinajstić information content (AvgIpc) is 3.67. The number of benzene rings is 1. The van der Waals surface area contributed by atoms with Crippen LogP contribution in [0.2, 0.25) is 0 Å². The summed E-state index contributed by atoms with van der Waals surface area (Å²) < 4.78 is 24.6. The molecule has 0 fully saturated rings. The van der Waals surface area contributed by atoms with Crippen LogP contribution in [0.5, 0.6) is 6.01 Å². The van der Waals surface area contributed by atoms with Crippen molar-refractivity contribution in [3.8, 4) is 6.01 Å². The molecule has 4 rings (SSSR count). The van der Waals surface area contributed by atoms with Gasteiger partial charge in [0.1, 0.15) is 12.1 Å². The minimum Gasteiger partial charge on any atom is -0.461 e. The highest BCUT2D eigenvalue weighted by atomic mass is 31.2. The number of unbranched alkanes of at least 4 members (excludes halogenated alkanes) is 9. The molecule has 0 spiro atoms. The van der Waals surface area contributed by atoms with Gasteiger partial charge in [-0.3, -0.25) is 18.6 Å². The number of aromatic amines is 1. The van der Waals surface area contributed by atoms with Gasteiger partial charge in [-0.05, 0) is 24.0 Å². The van der Waals surface area contributed by atoms with Crippen LogP contribution in [0.3, 0.4) is 0 Å². The third-order valence-corrected chi connectivity index (χ3v) is 9.18. The molecule has 1 amide bonds. The number of imidazole rings is 1. The van der Waals surface area contributed by atoms with E-state index < -0.39 is 7.60 Å². The zero-order chi connectivity index (χ0) is 35.8. The number of nitrogens with zero attached hydrogens (tertiary/aromatic N) is 6. The summed E-state index contributed by atoms with van der Waals surface area (Å²) in [6, 6.07) is 7.68. The third kappa shape index (κ3) is 13.3. The normalized spacial score (nSPS) is 11.7. The number of nitrogens with one attached hydrogen (secondary N) is 2. The minimum atomic E-state index is -3.84. The molecule has 0 radical (unpaired) electrons. The number of carbonyl (C=O) groups is 1. The fraction of sp³-hybridized carbons (Fsp3) is 0.576. The monoisotopic (exact) mass is 715 g/mol. The van der Waals surface area contributed by atoms with E-state index in [2.05, 4.69) is 30.6 Å². The molecule has 1 aromatic carbocycles. The maximum atomic E-state index is 12.7. The first kappa shape index (κ1) is 38.7. The lowest BCUT2D eigenvalue weighted by molar-refractivity contribution is -0.121. The van der Waals surface area contributed by atoms with Crippen LogP contribution in [0.4, 0.5) is 5.82 Å². The molecule has 0 unspecified atom stereocenters. The first-order valence-corrected chi connectivity index (χ1v) is 19.1. The molecular weight excluding hydrogens is 665 g/mol. The standard InChI is InChI=1S/C33H50N9O7P/c1-48-19-20-49-32-37-30(34)29-31(38-32)42(33(44)36-29)23-26-14-12-25(13-15-26)22-35-28(43)17-16-27-24-41(40-39-27)18-10-8-6-4-2-3-5-7-9-11-21-50(45,46)47/h12-15,24H,2-11,16-23H2,1H3,(H,35,43)(H,36,44)(H2,34,37,38)(H2,45,46,47). The Hall–Kier alpha value is -4.11. The van der Waals surface area contributed by atoms with Crippen molar-refractivity contribution in [2.24, 2.45) is 0 Å². The van der Waals surface area contributed by atoms with Crippen LogP contribution in [0, 0.1) is 0 Å². The molecule has 3 aromatic heterocycles. The molecule has 0 aliphatic heterocycles. The van der Waals surface area contributed by atoms with Crippen molar-refractivity contribution >= 4 is 30.5 Å². The van der Waals surface area contributed by atoms with Gasteiger partial charge < -0.3 is 35.3 Å². The van der Waals surface area contributed by atoms with E-state index in [1.165, 1.54) is 30.3 Å². The SMILES string of the molecule is COCCOc1nc(N)c2[nH]c(=O)n(Cc3ccc(CNC(=O)CCc4cn(CCCCCCCCCCCCP(=O)(O)O)nn4)cc3)c2n1. The van der Waals surface area contributed by atoms with Gasteiger partial charge in [-0.15, -0.1) is 5.10 Å². The molecule has 50 heavy (non-hydrogen) atoms. The lowest BCUT2D eigenvalue weighted by Crippen LogP contribution is -2.23. The smallest absolute Gasteiger partial charge is 0.328 e. The molecule has 0 aliphatic carbocycles. The van der Waals surface area contributed by atoms with Gasteiger partial charge in [0.2, 0.25) is 5.91 Å². The Bertz CT molecular complexity index is 1730. The summed E-state index contributed by atoms with van der Waals surface area (Å²) in [5.41, 5.74) is 8.94. The number of H-pyrrole nitrogens is 1. The van der Waals surface area contributed by atoms with E-state index in [1.807, 2.05) is 35.1 Å². The van der Waals surface area contributed by atoms with Crippen molar-refractivity contribution < 1.29 is 28.6 Å². The van der Waals surface area contributed by atoms with Crippen LogP contribution in [-0.4, -0.2) is 76.7 Å². The number of carbonyl (C=O) groups excluding carboxylic acids is 1. The maximum Gasteiger partial charge on any atom is 0.328 e. The van der Waals surface area contributed by atoms with Gasteiger partial charge in [-0.1, -0.05) is 80.8 Å². The van der Waals surface area contributed by atoms with E-state index in [0.717, 1.165) is 55.5 Å². The van der Waals surface area contributed by atoms with Crippen LogP contribution >= 0.6 is 7.60 Å². The molecule has 17 heteroatoms. The summed E-state index contributed by atoms with van der Waals surface area (Å²) in [5, 5.41) is 11.4. The van der Waals surface area contributed by atoms with Crippen LogP contribution < -0.4 is 21.5 Å². The Morgan fingerprint density at radius 1 is 0.960 bits per heavy atom. The van der Waals surface area contributed by atoms with Gasteiger partial charge in [0.05, 0.1) is 18.8 Å². The maximum absolute atomic E-state index is 12.7. The Morgan fingerprint density at radius 2 is 1.62 bits per heavy atom. The molecule has 274 valence electrons. The summed E-state index contributed by atoms with van der Waals surface area (Å²) in [6.45, 7) is 2.05. The molecule has 6 N–H and O–H groups in total. The molecule has 0 atom stereocenters. The number of methoxy groups -OCH3 is 1. The lowest BCUT2D eigenvalue weighted by atomic mass is 10.1.